The smallest absolute Gasteiger partial charge is 0.234 e. The summed E-state index contributed by atoms with van der Waals surface area (Å²) in [6.45, 7) is 0. The van der Waals surface area contributed by atoms with Crippen molar-refractivity contribution in [1.29, 1.82) is 0 Å². The third kappa shape index (κ3) is 2.09. The van der Waals surface area contributed by atoms with Crippen LogP contribution in [-0.2, 0) is 11.2 Å². The van der Waals surface area contributed by atoms with Crippen LogP contribution < -0.4 is 11.1 Å². The van der Waals surface area contributed by atoms with E-state index in [0.717, 1.165) is 33.1 Å². The molecule has 2 aromatic carbocycles. The molecule has 4 aromatic rings. The molecule has 1 aliphatic rings. The number of hydrogen-bond acceptors (Lipinski definition) is 2. The largest absolute Gasteiger partial charge is 0.368 e. The first-order valence-corrected chi connectivity index (χ1v) is 8.43. The number of nitrogens with one attached hydrogen (secondary N) is 3. The van der Waals surface area contributed by atoms with Crippen LogP contribution in [0.15, 0.2) is 54.7 Å². The van der Waals surface area contributed by atoms with Gasteiger partial charge in [-0.15, -0.1) is 0 Å². The van der Waals surface area contributed by atoms with Crippen molar-refractivity contribution < 1.29 is 4.79 Å². The zero-order chi connectivity index (χ0) is 17.0. The molecule has 1 amide bonds. The summed E-state index contributed by atoms with van der Waals surface area (Å²) in [5.74, 6) is -0.319. The van der Waals surface area contributed by atoms with Crippen LogP contribution in [0, 0.1) is 0 Å². The van der Waals surface area contributed by atoms with Crippen molar-refractivity contribution in [3.63, 3.8) is 0 Å². The lowest BCUT2D eigenvalue weighted by molar-refractivity contribution is -0.120. The number of nitrogens with two attached hydrogens (primary N) is 1. The Morgan fingerprint density at radius 3 is 2.52 bits per heavy atom. The first-order valence-electron chi connectivity index (χ1n) is 8.43. The molecule has 25 heavy (non-hydrogen) atoms. The van der Waals surface area contributed by atoms with Crippen LogP contribution in [0.2, 0.25) is 0 Å². The average molecular weight is 330 g/mol. The van der Waals surface area contributed by atoms with Gasteiger partial charge in [0.15, 0.2) is 0 Å². The van der Waals surface area contributed by atoms with Crippen LogP contribution in [0.1, 0.15) is 22.9 Å². The van der Waals surface area contributed by atoms with E-state index in [4.69, 9.17) is 5.73 Å². The van der Waals surface area contributed by atoms with E-state index in [2.05, 4.69) is 39.6 Å². The molecule has 2 unspecified atom stereocenters. The number of hydrogen-bond donors (Lipinski definition) is 4. The molecule has 0 saturated heterocycles. The lowest BCUT2D eigenvalue weighted by Crippen LogP contribution is -2.47. The summed E-state index contributed by atoms with van der Waals surface area (Å²) in [7, 11) is 0. The van der Waals surface area contributed by atoms with E-state index in [1.165, 1.54) is 5.56 Å². The highest BCUT2D eigenvalue weighted by Crippen LogP contribution is 2.37. The molecule has 124 valence electrons. The zero-order valence-electron chi connectivity index (χ0n) is 13.5. The van der Waals surface area contributed by atoms with Gasteiger partial charge in [0.2, 0.25) is 5.91 Å². The average Bonchev–Trinajstić information content (AvgIpc) is 3.22. The predicted octanol–water partition coefficient (Wildman–Crippen LogP) is 2.74. The molecule has 3 heterocycles. The number of aromatic amines is 2. The van der Waals surface area contributed by atoms with Gasteiger partial charge in [0, 0.05) is 39.3 Å². The molecule has 5 rings (SSSR count). The summed E-state index contributed by atoms with van der Waals surface area (Å²) in [5.41, 5.74) is 11.2. The van der Waals surface area contributed by atoms with Crippen LogP contribution in [0.5, 0.6) is 0 Å². The first kappa shape index (κ1) is 14.3. The Bertz CT molecular complexity index is 1110. The molecule has 0 radical (unpaired) electrons. The summed E-state index contributed by atoms with van der Waals surface area (Å²) >= 11 is 0. The number of carbonyl (C=O) groups excluding carboxylic acids is 1. The molecule has 0 bridgehead atoms. The normalized spacial score (nSPS) is 20.0. The van der Waals surface area contributed by atoms with Crippen molar-refractivity contribution in [3.8, 4) is 0 Å². The van der Waals surface area contributed by atoms with Crippen LogP contribution in [0.3, 0.4) is 0 Å². The Hall–Kier alpha value is -3.05. The maximum atomic E-state index is 11.9. The molecule has 0 saturated carbocycles. The number of primary amides is 1. The number of carbonyl (C=O) groups is 1. The molecule has 2 aromatic heterocycles. The number of benzene rings is 2. The first-order chi connectivity index (χ1) is 12.2. The van der Waals surface area contributed by atoms with Gasteiger partial charge in [-0.1, -0.05) is 36.4 Å². The second-order valence-corrected chi connectivity index (χ2v) is 6.61. The third-order valence-corrected chi connectivity index (χ3v) is 5.19. The number of aromatic nitrogens is 2. The minimum absolute atomic E-state index is 0.107. The summed E-state index contributed by atoms with van der Waals surface area (Å²) in [6, 6.07) is 15.9. The monoisotopic (exact) mass is 330 g/mol. The second kappa shape index (κ2) is 5.22. The molecule has 5 heteroatoms. The SMILES string of the molecule is NC(=O)C1Cc2c([nH]c3ccccc23)C(c2c[nH]c3ccccc23)N1. The van der Waals surface area contributed by atoms with Crippen LogP contribution in [0.4, 0.5) is 0 Å². The third-order valence-electron chi connectivity index (χ3n) is 5.19. The van der Waals surface area contributed by atoms with Crippen LogP contribution in [0.25, 0.3) is 21.8 Å². The van der Waals surface area contributed by atoms with Gasteiger partial charge in [-0.3, -0.25) is 10.1 Å². The van der Waals surface area contributed by atoms with Crippen LogP contribution >= 0.6 is 0 Å². The van der Waals surface area contributed by atoms with E-state index in [9.17, 15) is 4.79 Å². The molecule has 1 aliphatic heterocycles. The topological polar surface area (TPSA) is 86.7 Å². The lowest BCUT2D eigenvalue weighted by atomic mass is 9.90. The molecule has 5 nitrogen and oxygen atoms in total. The summed E-state index contributed by atoms with van der Waals surface area (Å²) < 4.78 is 0. The number of fused-ring (bicyclic) bond motifs is 4. The van der Waals surface area contributed by atoms with Crippen molar-refractivity contribution in [2.75, 3.05) is 0 Å². The Labute approximate surface area is 144 Å². The van der Waals surface area contributed by atoms with Gasteiger partial charge in [0.25, 0.3) is 0 Å². The highest BCUT2D eigenvalue weighted by molar-refractivity contribution is 5.90. The summed E-state index contributed by atoms with van der Waals surface area (Å²) in [6.07, 6.45) is 2.62. The van der Waals surface area contributed by atoms with Crippen molar-refractivity contribution >= 4 is 27.7 Å². The van der Waals surface area contributed by atoms with Gasteiger partial charge in [-0.25, -0.2) is 0 Å². The fourth-order valence-electron chi connectivity index (χ4n) is 4.00. The molecular weight excluding hydrogens is 312 g/mol. The van der Waals surface area contributed by atoms with Crippen LogP contribution in [-0.4, -0.2) is 21.9 Å². The second-order valence-electron chi connectivity index (χ2n) is 6.61. The van der Waals surface area contributed by atoms with E-state index >= 15 is 0 Å². The number of para-hydroxylation sites is 2. The van der Waals surface area contributed by atoms with Gasteiger partial charge >= 0.3 is 0 Å². The molecule has 0 spiro atoms. The quantitative estimate of drug-likeness (QED) is 0.455. The zero-order valence-corrected chi connectivity index (χ0v) is 13.5. The predicted molar refractivity (Wildman–Crippen MR) is 98.3 cm³/mol. The van der Waals surface area contributed by atoms with Crippen molar-refractivity contribution in [3.05, 3.63) is 71.5 Å². The number of amides is 1. The lowest BCUT2D eigenvalue weighted by Gasteiger charge is -2.29. The Kier molecular flexibility index (Phi) is 2.99. The molecule has 5 N–H and O–H groups in total. The highest BCUT2D eigenvalue weighted by Gasteiger charge is 2.33. The van der Waals surface area contributed by atoms with Gasteiger partial charge in [-0.05, 0) is 24.1 Å². The van der Waals surface area contributed by atoms with E-state index in [1.807, 2.05) is 30.5 Å². The minimum atomic E-state index is -0.384. The minimum Gasteiger partial charge on any atom is -0.368 e. The molecular formula is C20H18N4O. The van der Waals surface area contributed by atoms with E-state index in [1.54, 1.807) is 0 Å². The van der Waals surface area contributed by atoms with Crippen molar-refractivity contribution in [2.45, 2.75) is 18.5 Å². The maximum Gasteiger partial charge on any atom is 0.234 e. The maximum absolute atomic E-state index is 11.9. The highest BCUT2D eigenvalue weighted by atomic mass is 16.1. The van der Waals surface area contributed by atoms with Gasteiger partial charge in [0.05, 0.1) is 12.1 Å². The molecule has 0 aliphatic carbocycles. The Morgan fingerprint density at radius 2 is 1.72 bits per heavy atom. The molecule has 0 fully saturated rings. The van der Waals surface area contributed by atoms with E-state index in [-0.39, 0.29) is 18.0 Å². The van der Waals surface area contributed by atoms with Gasteiger partial charge < -0.3 is 15.7 Å². The van der Waals surface area contributed by atoms with E-state index < -0.39 is 0 Å². The standard InChI is InChI=1S/C20H18N4O/c21-20(25)17-9-13-11-5-2-4-8-16(11)23-18(13)19(24-17)14-10-22-15-7-3-1-6-12(14)15/h1-8,10,17,19,22-24H,9H2,(H2,21,25). The fourth-order valence-corrected chi connectivity index (χ4v) is 4.00. The van der Waals surface area contributed by atoms with Gasteiger partial charge in [-0.2, -0.15) is 0 Å². The summed E-state index contributed by atoms with van der Waals surface area (Å²) in [5, 5.41) is 5.75. The number of H-pyrrole nitrogens is 2. The number of rotatable bonds is 2. The Morgan fingerprint density at radius 1 is 1.00 bits per heavy atom. The summed E-state index contributed by atoms with van der Waals surface area (Å²) in [4.78, 5) is 18.8. The van der Waals surface area contributed by atoms with Crippen molar-refractivity contribution in [1.82, 2.24) is 15.3 Å². The van der Waals surface area contributed by atoms with E-state index in [0.29, 0.717) is 6.42 Å². The van der Waals surface area contributed by atoms with Crippen molar-refractivity contribution in [2.24, 2.45) is 5.73 Å². The fraction of sp³-hybridized carbons (Fsp3) is 0.150. The van der Waals surface area contributed by atoms with Gasteiger partial charge in [0.1, 0.15) is 0 Å². The molecule has 2 atom stereocenters. The Balaban J connectivity index is 1.75.